The number of hydrogen-bond acceptors (Lipinski definition) is 5. The second-order valence-corrected chi connectivity index (χ2v) is 7.15. The van der Waals surface area contributed by atoms with Crippen LogP contribution in [0.1, 0.15) is 30.7 Å². The third-order valence-corrected chi connectivity index (χ3v) is 5.03. The molecule has 0 aliphatic carbocycles. The van der Waals surface area contributed by atoms with Crippen LogP contribution in [0, 0.1) is 10.1 Å². The molecule has 8 nitrogen and oxygen atoms in total. The number of fused-ring (bicyclic) bond motifs is 1. The average molecular weight is 403 g/mol. The van der Waals surface area contributed by atoms with Crippen molar-refractivity contribution in [2.45, 2.75) is 32.2 Å². The predicted molar refractivity (Wildman–Crippen MR) is 114 cm³/mol. The summed E-state index contributed by atoms with van der Waals surface area (Å²) in [6.07, 6.45) is 7.33. The van der Waals surface area contributed by atoms with Crippen molar-refractivity contribution >= 4 is 23.4 Å². The molecule has 0 saturated heterocycles. The summed E-state index contributed by atoms with van der Waals surface area (Å²) in [7, 11) is 0. The van der Waals surface area contributed by atoms with Crippen LogP contribution < -0.4 is 5.32 Å². The van der Waals surface area contributed by atoms with E-state index in [1.54, 1.807) is 18.2 Å². The zero-order valence-corrected chi connectivity index (χ0v) is 16.3. The highest BCUT2D eigenvalue weighted by atomic mass is 16.6. The molecule has 2 aromatic carbocycles. The van der Waals surface area contributed by atoms with Gasteiger partial charge in [-0.15, -0.1) is 10.2 Å². The molecule has 0 fully saturated rings. The van der Waals surface area contributed by atoms with Crippen LogP contribution >= 0.6 is 0 Å². The van der Waals surface area contributed by atoms with Crippen molar-refractivity contribution in [2.24, 2.45) is 0 Å². The Morgan fingerprint density at radius 3 is 2.73 bits per heavy atom. The number of hydrogen-bond donors (Lipinski definition) is 1. The molecule has 4 rings (SSSR count). The summed E-state index contributed by atoms with van der Waals surface area (Å²) in [6.45, 7) is 0.929. The van der Waals surface area contributed by atoms with Crippen molar-refractivity contribution in [2.75, 3.05) is 5.32 Å². The van der Waals surface area contributed by atoms with Crippen molar-refractivity contribution < 1.29 is 9.72 Å². The van der Waals surface area contributed by atoms with Crippen molar-refractivity contribution in [1.82, 2.24) is 14.8 Å². The lowest BCUT2D eigenvalue weighted by atomic mass is 10.1. The first kappa shape index (κ1) is 19.5. The maximum absolute atomic E-state index is 12.2. The summed E-state index contributed by atoms with van der Waals surface area (Å²) in [4.78, 5) is 22.6. The van der Waals surface area contributed by atoms with E-state index >= 15 is 0 Å². The van der Waals surface area contributed by atoms with E-state index in [2.05, 4.69) is 20.1 Å². The van der Waals surface area contributed by atoms with Crippen LogP contribution in [0.3, 0.4) is 0 Å². The van der Waals surface area contributed by atoms with Gasteiger partial charge in [-0.1, -0.05) is 18.6 Å². The summed E-state index contributed by atoms with van der Waals surface area (Å²) in [5.74, 6) is 1.58. The fourth-order valence-electron chi connectivity index (χ4n) is 3.50. The van der Waals surface area contributed by atoms with E-state index < -0.39 is 4.92 Å². The summed E-state index contributed by atoms with van der Waals surface area (Å²) in [5.41, 5.74) is 2.19. The molecule has 0 saturated carbocycles. The molecule has 0 radical (unpaired) electrons. The Bertz CT molecular complexity index is 1100. The molecule has 1 aliphatic rings. The lowest BCUT2D eigenvalue weighted by Crippen LogP contribution is -2.07. The Kier molecular flexibility index (Phi) is 5.65. The number of aromatic nitrogens is 3. The number of amides is 1. The van der Waals surface area contributed by atoms with Gasteiger partial charge in [0.05, 0.1) is 4.92 Å². The third kappa shape index (κ3) is 4.43. The molecule has 0 bridgehead atoms. The van der Waals surface area contributed by atoms with Crippen molar-refractivity contribution in [3.8, 4) is 11.4 Å². The number of nitrogens with zero attached hydrogens (tertiary/aromatic N) is 4. The average Bonchev–Trinajstić information content (AvgIpc) is 3.01. The van der Waals surface area contributed by atoms with Crippen LogP contribution in [0.2, 0.25) is 0 Å². The molecule has 1 N–H and O–H groups in total. The number of rotatable bonds is 5. The van der Waals surface area contributed by atoms with E-state index in [4.69, 9.17) is 0 Å². The van der Waals surface area contributed by atoms with Gasteiger partial charge in [0, 0.05) is 42.4 Å². The van der Waals surface area contributed by atoms with E-state index in [0.717, 1.165) is 43.0 Å². The zero-order valence-electron chi connectivity index (χ0n) is 16.3. The van der Waals surface area contributed by atoms with Gasteiger partial charge in [-0.2, -0.15) is 0 Å². The molecule has 0 atom stereocenters. The van der Waals surface area contributed by atoms with E-state index in [1.807, 2.05) is 24.3 Å². The van der Waals surface area contributed by atoms with Crippen LogP contribution in [0.15, 0.2) is 54.6 Å². The molecule has 152 valence electrons. The van der Waals surface area contributed by atoms with Gasteiger partial charge >= 0.3 is 0 Å². The quantitative estimate of drug-likeness (QED) is 0.390. The lowest BCUT2D eigenvalue weighted by molar-refractivity contribution is -0.384. The van der Waals surface area contributed by atoms with Crippen molar-refractivity contribution in [3.05, 3.63) is 76.1 Å². The standard InChI is InChI=1S/C22H21N5O3/c28-21(13-8-16-5-4-6-19(15-16)27(29)30)23-18-11-9-17(10-12-18)22-25-24-20-7-2-1-3-14-26(20)22/h4-6,8-13,15H,1-3,7,14H2,(H,23,28)/b13-8+. The summed E-state index contributed by atoms with van der Waals surface area (Å²) in [5, 5.41) is 22.3. The van der Waals surface area contributed by atoms with Crippen LogP contribution in [0.25, 0.3) is 17.5 Å². The highest BCUT2D eigenvalue weighted by Gasteiger charge is 2.15. The second-order valence-electron chi connectivity index (χ2n) is 7.15. The largest absolute Gasteiger partial charge is 0.323 e. The summed E-state index contributed by atoms with van der Waals surface area (Å²) < 4.78 is 2.18. The number of anilines is 1. The maximum Gasteiger partial charge on any atom is 0.270 e. The van der Waals surface area contributed by atoms with Gasteiger partial charge in [0.15, 0.2) is 5.82 Å². The van der Waals surface area contributed by atoms with E-state index in [-0.39, 0.29) is 11.6 Å². The topological polar surface area (TPSA) is 103 Å². The van der Waals surface area contributed by atoms with Gasteiger partial charge in [0.1, 0.15) is 5.82 Å². The Balaban J connectivity index is 1.42. The highest BCUT2D eigenvalue weighted by molar-refractivity contribution is 6.02. The van der Waals surface area contributed by atoms with Crippen molar-refractivity contribution in [3.63, 3.8) is 0 Å². The molecule has 2 heterocycles. The van der Waals surface area contributed by atoms with E-state index in [1.165, 1.54) is 24.6 Å². The first-order valence-corrected chi connectivity index (χ1v) is 9.86. The number of nitro groups is 1. The Morgan fingerprint density at radius 2 is 1.93 bits per heavy atom. The fourth-order valence-corrected chi connectivity index (χ4v) is 3.50. The smallest absolute Gasteiger partial charge is 0.270 e. The number of carbonyl (C=O) groups is 1. The third-order valence-electron chi connectivity index (χ3n) is 5.03. The number of nitrogens with one attached hydrogen (secondary N) is 1. The molecule has 0 spiro atoms. The number of carbonyl (C=O) groups excluding carboxylic acids is 1. The molecular weight excluding hydrogens is 382 g/mol. The van der Waals surface area contributed by atoms with E-state index in [0.29, 0.717) is 11.3 Å². The van der Waals surface area contributed by atoms with Gasteiger partial charge < -0.3 is 9.88 Å². The van der Waals surface area contributed by atoms with Crippen LogP contribution in [-0.4, -0.2) is 25.6 Å². The predicted octanol–water partition coefficient (Wildman–Crippen LogP) is 4.23. The maximum atomic E-state index is 12.2. The molecule has 1 aromatic heterocycles. The monoisotopic (exact) mass is 403 g/mol. The minimum absolute atomic E-state index is 0.0143. The first-order valence-electron chi connectivity index (χ1n) is 9.86. The lowest BCUT2D eigenvalue weighted by Gasteiger charge is -2.08. The van der Waals surface area contributed by atoms with Gasteiger partial charge in [-0.25, -0.2) is 0 Å². The van der Waals surface area contributed by atoms with E-state index in [9.17, 15) is 14.9 Å². The minimum Gasteiger partial charge on any atom is -0.323 e. The molecule has 3 aromatic rings. The van der Waals surface area contributed by atoms with Gasteiger partial charge in [0.25, 0.3) is 5.69 Å². The minimum atomic E-state index is -0.465. The number of nitro benzene ring substituents is 1. The Morgan fingerprint density at radius 1 is 1.10 bits per heavy atom. The SMILES string of the molecule is O=C(/C=C/c1cccc([N+](=O)[O-])c1)Nc1ccc(-c2nnc3n2CCCCC3)cc1. The van der Waals surface area contributed by atoms with Gasteiger partial charge in [0.2, 0.25) is 5.91 Å². The fraction of sp³-hybridized carbons (Fsp3) is 0.227. The first-order chi connectivity index (χ1) is 14.6. The van der Waals surface area contributed by atoms with Gasteiger partial charge in [-0.05, 0) is 48.7 Å². The van der Waals surface area contributed by atoms with Crippen LogP contribution in [0.4, 0.5) is 11.4 Å². The highest BCUT2D eigenvalue weighted by Crippen LogP contribution is 2.24. The summed E-state index contributed by atoms with van der Waals surface area (Å²) >= 11 is 0. The van der Waals surface area contributed by atoms with Gasteiger partial charge in [-0.3, -0.25) is 14.9 Å². The zero-order chi connectivity index (χ0) is 20.9. The molecule has 30 heavy (non-hydrogen) atoms. The van der Waals surface area contributed by atoms with Crippen LogP contribution in [-0.2, 0) is 17.8 Å². The summed E-state index contributed by atoms with van der Waals surface area (Å²) in [6, 6.07) is 13.6. The molecular formula is C22H21N5O3. The second kappa shape index (κ2) is 8.69. The molecule has 1 aliphatic heterocycles. The Hall–Kier alpha value is -3.81. The molecule has 1 amide bonds. The van der Waals surface area contributed by atoms with Crippen LogP contribution in [0.5, 0.6) is 0 Å². The van der Waals surface area contributed by atoms with Crippen molar-refractivity contribution in [1.29, 1.82) is 0 Å². The normalized spacial score (nSPS) is 13.6. The number of benzene rings is 2. The molecule has 0 unspecified atom stereocenters. The number of aryl methyl sites for hydroxylation is 1. The number of non-ortho nitro benzene ring substituents is 1. The Labute approximate surface area is 173 Å². The molecule has 8 heteroatoms.